The van der Waals surface area contributed by atoms with Gasteiger partial charge in [0.2, 0.25) is 0 Å². The smallest absolute Gasteiger partial charge is 0.393 e. The third-order valence-electron chi connectivity index (χ3n) is 3.75. The fourth-order valence-electron chi connectivity index (χ4n) is 2.63. The Morgan fingerprint density at radius 3 is 2.90 bits per heavy atom. The zero-order chi connectivity index (χ0) is 15.0. The number of methoxy groups -OCH3 is 1. The lowest BCUT2D eigenvalue weighted by molar-refractivity contribution is -0.175. The number of halogens is 3. The van der Waals surface area contributed by atoms with Gasteiger partial charge in [0.25, 0.3) is 0 Å². The molecule has 21 heavy (non-hydrogen) atoms. The van der Waals surface area contributed by atoms with Crippen molar-refractivity contribution >= 4 is 26.7 Å². The second-order valence-electron chi connectivity index (χ2n) is 5.13. The molecule has 114 valence electrons. The van der Waals surface area contributed by atoms with Crippen LogP contribution in [0.3, 0.4) is 0 Å². The largest absolute Gasteiger partial charge is 0.494 e. The SMILES string of the molecule is COc1cccc2sc(N3CCCC(C(F)(F)F)C3)nc12. The number of thiazole rings is 1. The molecular weight excluding hydrogens is 301 g/mol. The Bertz CT molecular complexity index is 641. The molecule has 2 heterocycles. The van der Waals surface area contributed by atoms with Crippen LogP contribution in [0.15, 0.2) is 18.2 Å². The first-order valence-electron chi connectivity index (χ1n) is 6.74. The first-order valence-corrected chi connectivity index (χ1v) is 7.56. The van der Waals surface area contributed by atoms with Crippen molar-refractivity contribution in [3.8, 4) is 5.75 Å². The molecule has 1 saturated heterocycles. The number of hydrogen-bond donors (Lipinski definition) is 0. The van der Waals surface area contributed by atoms with E-state index >= 15 is 0 Å². The molecule has 0 N–H and O–H groups in total. The number of aromatic nitrogens is 1. The molecule has 1 aromatic carbocycles. The standard InChI is InChI=1S/C14H15F3N2OS/c1-20-10-5-2-6-11-12(10)18-13(21-11)19-7-3-4-9(8-19)14(15,16)17/h2,5-6,9H,3-4,7-8H2,1H3. The van der Waals surface area contributed by atoms with E-state index in [-0.39, 0.29) is 13.0 Å². The lowest BCUT2D eigenvalue weighted by Crippen LogP contribution is -2.41. The summed E-state index contributed by atoms with van der Waals surface area (Å²) in [6.07, 6.45) is -3.39. The lowest BCUT2D eigenvalue weighted by Gasteiger charge is -2.33. The van der Waals surface area contributed by atoms with Crippen molar-refractivity contribution in [1.82, 2.24) is 4.98 Å². The van der Waals surface area contributed by atoms with Crippen molar-refractivity contribution in [2.75, 3.05) is 25.1 Å². The molecule has 1 aliphatic heterocycles. The minimum absolute atomic E-state index is 0.00830. The molecule has 1 unspecified atom stereocenters. The summed E-state index contributed by atoms with van der Waals surface area (Å²) in [5.74, 6) is -0.612. The lowest BCUT2D eigenvalue weighted by atomic mass is 9.98. The van der Waals surface area contributed by atoms with E-state index in [1.807, 2.05) is 12.1 Å². The average Bonchev–Trinajstić information content (AvgIpc) is 2.90. The molecule has 3 rings (SSSR count). The van der Waals surface area contributed by atoms with Crippen molar-refractivity contribution in [2.24, 2.45) is 5.92 Å². The number of anilines is 1. The molecule has 0 aliphatic carbocycles. The van der Waals surface area contributed by atoms with E-state index < -0.39 is 12.1 Å². The zero-order valence-corrected chi connectivity index (χ0v) is 12.3. The van der Waals surface area contributed by atoms with Crippen molar-refractivity contribution in [1.29, 1.82) is 0 Å². The molecule has 2 aromatic rings. The highest BCUT2D eigenvalue weighted by Gasteiger charge is 2.42. The van der Waals surface area contributed by atoms with Gasteiger partial charge < -0.3 is 9.64 Å². The van der Waals surface area contributed by atoms with E-state index in [0.29, 0.717) is 29.4 Å². The van der Waals surface area contributed by atoms with E-state index in [9.17, 15) is 13.2 Å². The quantitative estimate of drug-likeness (QED) is 0.834. The molecule has 7 heteroatoms. The van der Waals surface area contributed by atoms with Crippen LogP contribution in [0.25, 0.3) is 10.2 Å². The summed E-state index contributed by atoms with van der Waals surface area (Å²) in [5, 5.41) is 0.642. The van der Waals surface area contributed by atoms with Crippen molar-refractivity contribution in [3.05, 3.63) is 18.2 Å². The number of nitrogens with zero attached hydrogens (tertiary/aromatic N) is 2. The van der Waals surface area contributed by atoms with Crippen LogP contribution in [-0.2, 0) is 0 Å². The molecule has 0 saturated carbocycles. The Morgan fingerprint density at radius 1 is 1.38 bits per heavy atom. The first-order chi connectivity index (χ1) is 9.99. The van der Waals surface area contributed by atoms with Gasteiger partial charge in [-0.25, -0.2) is 4.98 Å². The Labute approximate surface area is 124 Å². The number of alkyl halides is 3. The zero-order valence-electron chi connectivity index (χ0n) is 11.5. The number of piperidine rings is 1. The van der Waals surface area contributed by atoms with Gasteiger partial charge in [-0.2, -0.15) is 13.2 Å². The normalized spacial score (nSPS) is 20.0. The van der Waals surface area contributed by atoms with Crippen LogP contribution in [0.4, 0.5) is 18.3 Å². The van der Waals surface area contributed by atoms with Crippen LogP contribution in [0.5, 0.6) is 5.75 Å². The molecular formula is C14H15F3N2OS. The van der Waals surface area contributed by atoms with E-state index in [4.69, 9.17) is 4.74 Å². The van der Waals surface area contributed by atoms with E-state index in [1.165, 1.54) is 11.3 Å². The summed E-state index contributed by atoms with van der Waals surface area (Å²) >= 11 is 1.41. The molecule has 0 spiro atoms. The summed E-state index contributed by atoms with van der Waals surface area (Å²) in [6, 6.07) is 5.57. The maximum Gasteiger partial charge on any atom is 0.393 e. The third-order valence-corrected chi connectivity index (χ3v) is 4.83. The molecule has 0 amide bonds. The van der Waals surface area contributed by atoms with Gasteiger partial charge in [-0.15, -0.1) is 0 Å². The second kappa shape index (κ2) is 5.36. The highest BCUT2D eigenvalue weighted by Crippen LogP contribution is 2.38. The van der Waals surface area contributed by atoms with Gasteiger partial charge in [-0.3, -0.25) is 0 Å². The van der Waals surface area contributed by atoms with Gasteiger partial charge in [0.1, 0.15) is 11.3 Å². The molecule has 1 aliphatic rings. The van der Waals surface area contributed by atoms with Gasteiger partial charge in [0, 0.05) is 13.1 Å². The minimum atomic E-state index is -4.13. The Balaban J connectivity index is 1.90. The van der Waals surface area contributed by atoms with Gasteiger partial charge in [0.15, 0.2) is 5.13 Å². The van der Waals surface area contributed by atoms with Crippen LogP contribution < -0.4 is 9.64 Å². The highest BCUT2D eigenvalue weighted by atomic mass is 32.1. The topological polar surface area (TPSA) is 25.4 Å². The monoisotopic (exact) mass is 316 g/mol. The average molecular weight is 316 g/mol. The van der Waals surface area contributed by atoms with Crippen LogP contribution in [0.2, 0.25) is 0 Å². The number of rotatable bonds is 2. The Hall–Kier alpha value is -1.50. The van der Waals surface area contributed by atoms with Crippen LogP contribution in [-0.4, -0.2) is 31.4 Å². The summed E-state index contributed by atoms with van der Waals surface area (Å²) in [7, 11) is 1.56. The van der Waals surface area contributed by atoms with E-state index in [0.717, 1.165) is 4.70 Å². The van der Waals surface area contributed by atoms with E-state index in [2.05, 4.69) is 4.98 Å². The molecule has 1 fully saturated rings. The fraction of sp³-hybridized carbons (Fsp3) is 0.500. The minimum Gasteiger partial charge on any atom is -0.494 e. The van der Waals surface area contributed by atoms with Crippen molar-refractivity contribution < 1.29 is 17.9 Å². The van der Waals surface area contributed by atoms with Crippen LogP contribution in [0.1, 0.15) is 12.8 Å². The fourth-order valence-corrected chi connectivity index (χ4v) is 3.65. The summed E-state index contributed by atoms with van der Waals surface area (Å²) in [6.45, 7) is 0.611. The molecule has 1 atom stereocenters. The van der Waals surface area contributed by atoms with Gasteiger partial charge in [-0.1, -0.05) is 17.4 Å². The van der Waals surface area contributed by atoms with Gasteiger partial charge in [-0.05, 0) is 25.0 Å². The van der Waals surface area contributed by atoms with Crippen molar-refractivity contribution in [2.45, 2.75) is 19.0 Å². The Kier molecular flexibility index (Phi) is 3.69. The molecule has 3 nitrogen and oxygen atoms in total. The number of para-hydroxylation sites is 1. The highest BCUT2D eigenvalue weighted by molar-refractivity contribution is 7.22. The number of hydrogen-bond acceptors (Lipinski definition) is 4. The van der Waals surface area contributed by atoms with E-state index in [1.54, 1.807) is 18.1 Å². The Morgan fingerprint density at radius 2 is 2.19 bits per heavy atom. The molecule has 1 aromatic heterocycles. The van der Waals surface area contributed by atoms with Crippen LogP contribution >= 0.6 is 11.3 Å². The number of ether oxygens (including phenoxy) is 1. The number of benzene rings is 1. The predicted octanol–water partition coefficient (Wildman–Crippen LogP) is 4.08. The predicted molar refractivity (Wildman–Crippen MR) is 77.2 cm³/mol. The summed E-state index contributed by atoms with van der Waals surface area (Å²) in [5.41, 5.74) is 0.717. The third kappa shape index (κ3) is 2.79. The van der Waals surface area contributed by atoms with Gasteiger partial charge in [0.05, 0.1) is 17.7 Å². The van der Waals surface area contributed by atoms with Crippen molar-refractivity contribution in [3.63, 3.8) is 0 Å². The number of fused-ring (bicyclic) bond motifs is 1. The molecule has 0 radical (unpaired) electrons. The van der Waals surface area contributed by atoms with Crippen LogP contribution in [0, 0.1) is 5.92 Å². The molecule has 0 bridgehead atoms. The summed E-state index contributed by atoms with van der Waals surface area (Å²) < 4.78 is 44.8. The maximum absolute atomic E-state index is 12.9. The first kappa shape index (κ1) is 14.4. The van der Waals surface area contributed by atoms with Gasteiger partial charge >= 0.3 is 6.18 Å². The maximum atomic E-state index is 12.9. The summed E-state index contributed by atoms with van der Waals surface area (Å²) in [4.78, 5) is 6.22. The second-order valence-corrected chi connectivity index (χ2v) is 6.14.